The molecule has 0 N–H and O–H groups in total. The highest BCUT2D eigenvalue weighted by molar-refractivity contribution is 6.53. The maximum absolute atomic E-state index is 11.9. The summed E-state index contributed by atoms with van der Waals surface area (Å²) in [5.74, 6) is -0.254. The molecule has 1 saturated heterocycles. The van der Waals surface area contributed by atoms with Crippen molar-refractivity contribution in [3.63, 3.8) is 0 Å². The van der Waals surface area contributed by atoms with Gasteiger partial charge in [-0.05, 0) is 19.8 Å². The number of halogens is 2. The topological polar surface area (TPSA) is 29.5 Å². The second-order valence-corrected chi connectivity index (χ2v) is 5.42. The number of rotatable bonds is 4. The van der Waals surface area contributed by atoms with Gasteiger partial charge in [-0.1, -0.05) is 43.5 Å². The molecular weight excluding hydrogens is 249 g/mol. The third-order valence-electron chi connectivity index (χ3n) is 3.00. The van der Waals surface area contributed by atoms with Crippen molar-refractivity contribution in [3.8, 4) is 0 Å². The molecule has 16 heavy (non-hydrogen) atoms. The highest BCUT2D eigenvalue weighted by Gasteiger charge is 2.45. The van der Waals surface area contributed by atoms with Gasteiger partial charge in [0, 0.05) is 6.54 Å². The van der Waals surface area contributed by atoms with Gasteiger partial charge in [0.2, 0.25) is 0 Å². The van der Waals surface area contributed by atoms with Gasteiger partial charge in [0.25, 0.3) is 5.91 Å². The maximum atomic E-state index is 11.9. The second kappa shape index (κ2) is 5.56. The Bertz CT molecular complexity index is 260. The Hall–Kier alpha value is 0.01000. The molecule has 0 bridgehead atoms. The Morgan fingerprint density at radius 2 is 2.19 bits per heavy atom. The quantitative estimate of drug-likeness (QED) is 0.734. The third kappa shape index (κ3) is 2.82. The first kappa shape index (κ1) is 14.1. The molecule has 0 aromatic heterocycles. The van der Waals surface area contributed by atoms with Crippen LogP contribution < -0.4 is 0 Å². The first-order chi connectivity index (χ1) is 7.44. The van der Waals surface area contributed by atoms with Crippen LogP contribution in [0.2, 0.25) is 0 Å². The van der Waals surface area contributed by atoms with Crippen LogP contribution in [0.5, 0.6) is 0 Å². The van der Waals surface area contributed by atoms with Gasteiger partial charge in [0.15, 0.2) is 4.84 Å². The van der Waals surface area contributed by atoms with E-state index in [4.69, 9.17) is 27.9 Å². The molecule has 3 nitrogen and oxygen atoms in total. The van der Waals surface area contributed by atoms with Gasteiger partial charge < -0.3 is 9.64 Å². The zero-order valence-electron chi connectivity index (χ0n) is 10.0. The van der Waals surface area contributed by atoms with Crippen molar-refractivity contribution in [2.75, 3.05) is 6.54 Å². The Kier molecular flexibility index (Phi) is 4.89. The number of carbonyl (C=O) groups excluding carboxylic acids is 1. The van der Waals surface area contributed by atoms with E-state index in [2.05, 4.69) is 6.92 Å². The Morgan fingerprint density at radius 3 is 2.62 bits per heavy atom. The first-order valence-corrected chi connectivity index (χ1v) is 6.59. The van der Waals surface area contributed by atoms with Crippen molar-refractivity contribution in [1.82, 2.24) is 4.90 Å². The summed E-state index contributed by atoms with van der Waals surface area (Å²) in [6.07, 6.45) is 2.73. The minimum atomic E-state index is -1.00. The molecule has 1 amide bonds. The average Bonchev–Trinajstić information content (AvgIpc) is 2.55. The van der Waals surface area contributed by atoms with E-state index < -0.39 is 10.6 Å². The lowest BCUT2D eigenvalue weighted by Crippen LogP contribution is -2.47. The molecule has 0 aliphatic carbocycles. The minimum absolute atomic E-state index is 0.0904. The second-order valence-electron chi connectivity index (χ2n) is 4.32. The van der Waals surface area contributed by atoms with Crippen molar-refractivity contribution in [1.29, 1.82) is 0 Å². The molecule has 1 aliphatic heterocycles. The molecule has 94 valence electrons. The van der Waals surface area contributed by atoms with E-state index in [9.17, 15) is 4.79 Å². The Labute approximate surface area is 107 Å². The van der Waals surface area contributed by atoms with Gasteiger partial charge in [-0.15, -0.1) is 0 Å². The van der Waals surface area contributed by atoms with E-state index in [1.54, 1.807) is 4.90 Å². The summed E-state index contributed by atoms with van der Waals surface area (Å²) in [4.78, 5) is 12.6. The number of amides is 1. The van der Waals surface area contributed by atoms with Crippen molar-refractivity contribution < 1.29 is 9.53 Å². The standard InChI is InChI=1S/C11H19Cl2NO2/c1-4-6-11(3)14(10(15)9(12)13)7-8(5-2)16-11/h8-9H,4-7H2,1-3H3. The van der Waals surface area contributed by atoms with Crippen LogP contribution in [0.3, 0.4) is 0 Å². The van der Waals surface area contributed by atoms with Crippen molar-refractivity contribution in [2.24, 2.45) is 0 Å². The van der Waals surface area contributed by atoms with Crippen molar-refractivity contribution >= 4 is 29.1 Å². The molecule has 2 atom stereocenters. The predicted molar refractivity (Wildman–Crippen MR) is 65.7 cm³/mol. The number of hydrogen-bond donors (Lipinski definition) is 0. The van der Waals surface area contributed by atoms with Gasteiger partial charge in [-0.25, -0.2) is 0 Å². The van der Waals surface area contributed by atoms with E-state index in [0.29, 0.717) is 6.54 Å². The molecule has 0 radical (unpaired) electrons. The van der Waals surface area contributed by atoms with Crippen LogP contribution in [-0.2, 0) is 9.53 Å². The highest BCUT2D eigenvalue weighted by Crippen LogP contribution is 2.33. The van der Waals surface area contributed by atoms with E-state index in [0.717, 1.165) is 19.3 Å². The lowest BCUT2D eigenvalue weighted by atomic mass is 10.1. The number of ether oxygens (including phenoxy) is 1. The summed E-state index contributed by atoms with van der Waals surface area (Å²) in [5.41, 5.74) is -0.547. The fourth-order valence-corrected chi connectivity index (χ4v) is 2.40. The summed E-state index contributed by atoms with van der Waals surface area (Å²) in [5, 5.41) is 0. The molecule has 0 spiro atoms. The van der Waals surface area contributed by atoms with Crippen molar-refractivity contribution in [3.05, 3.63) is 0 Å². The summed E-state index contributed by atoms with van der Waals surface area (Å²) >= 11 is 11.3. The summed E-state index contributed by atoms with van der Waals surface area (Å²) in [6, 6.07) is 0. The predicted octanol–water partition coefficient (Wildman–Crippen LogP) is 2.94. The van der Waals surface area contributed by atoms with E-state index in [-0.39, 0.29) is 12.0 Å². The molecular formula is C11H19Cl2NO2. The number of hydrogen-bond acceptors (Lipinski definition) is 2. The molecule has 0 aromatic rings. The van der Waals surface area contributed by atoms with Crippen LogP contribution in [0.25, 0.3) is 0 Å². The summed E-state index contributed by atoms with van der Waals surface area (Å²) in [7, 11) is 0. The normalized spacial score (nSPS) is 30.1. The van der Waals surface area contributed by atoms with Crippen LogP contribution in [0.15, 0.2) is 0 Å². The van der Waals surface area contributed by atoms with Gasteiger partial charge in [0.1, 0.15) is 5.72 Å². The van der Waals surface area contributed by atoms with Crippen LogP contribution in [0.1, 0.15) is 40.0 Å². The molecule has 1 fully saturated rings. The van der Waals surface area contributed by atoms with Gasteiger partial charge in [-0.3, -0.25) is 4.79 Å². The molecule has 1 aliphatic rings. The average molecular weight is 268 g/mol. The molecule has 5 heteroatoms. The largest absolute Gasteiger partial charge is 0.351 e. The van der Waals surface area contributed by atoms with Crippen LogP contribution in [-0.4, -0.2) is 34.0 Å². The molecule has 1 rings (SSSR count). The fourth-order valence-electron chi connectivity index (χ4n) is 2.17. The lowest BCUT2D eigenvalue weighted by molar-refractivity contribution is -0.148. The molecule has 0 saturated carbocycles. The first-order valence-electron chi connectivity index (χ1n) is 5.72. The van der Waals surface area contributed by atoms with Gasteiger partial charge in [-0.2, -0.15) is 0 Å². The number of alkyl halides is 2. The van der Waals surface area contributed by atoms with Gasteiger partial charge in [0.05, 0.1) is 6.10 Å². The summed E-state index contributed by atoms with van der Waals surface area (Å²) in [6.45, 7) is 6.63. The summed E-state index contributed by atoms with van der Waals surface area (Å²) < 4.78 is 5.91. The van der Waals surface area contributed by atoms with Gasteiger partial charge >= 0.3 is 0 Å². The molecule has 2 unspecified atom stereocenters. The van der Waals surface area contributed by atoms with Crippen LogP contribution in [0, 0.1) is 0 Å². The maximum Gasteiger partial charge on any atom is 0.258 e. The van der Waals surface area contributed by atoms with Crippen molar-refractivity contribution in [2.45, 2.75) is 56.7 Å². The minimum Gasteiger partial charge on any atom is -0.351 e. The number of nitrogens with zero attached hydrogens (tertiary/aromatic N) is 1. The lowest BCUT2D eigenvalue weighted by Gasteiger charge is -2.33. The van der Waals surface area contributed by atoms with E-state index >= 15 is 0 Å². The monoisotopic (exact) mass is 267 g/mol. The van der Waals surface area contributed by atoms with E-state index in [1.165, 1.54) is 0 Å². The highest BCUT2D eigenvalue weighted by atomic mass is 35.5. The third-order valence-corrected chi connectivity index (χ3v) is 3.37. The van der Waals surface area contributed by atoms with Crippen LogP contribution in [0.4, 0.5) is 0 Å². The van der Waals surface area contributed by atoms with Crippen LogP contribution >= 0.6 is 23.2 Å². The SMILES string of the molecule is CCCC1(C)OC(CC)CN1C(=O)C(Cl)Cl. The zero-order valence-corrected chi connectivity index (χ0v) is 11.5. The Morgan fingerprint density at radius 1 is 1.56 bits per heavy atom. The molecule has 0 aromatic carbocycles. The number of carbonyl (C=O) groups is 1. The Balaban J connectivity index is 2.83. The molecule has 1 heterocycles. The zero-order chi connectivity index (χ0) is 12.3. The fraction of sp³-hybridized carbons (Fsp3) is 0.909. The van der Waals surface area contributed by atoms with E-state index in [1.807, 2.05) is 13.8 Å². The smallest absolute Gasteiger partial charge is 0.258 e.